The summed E-state index contributed by atoms with van der Waals surface area (Å²) in [5, 5.41) is 14.1. The molecule has 4 rings (SSSR count). The fourth-order valence-electron chi connectivity index (χ4n) is 2.63. The fraction of sp³-hybridized carbons (Fsp3) is 0.200. The first-order valence-electron chi connectivity index (χ1n) is 8.81. The first-order chi connectivity index (χ1) is 13.1. The molecule has 0 bridgehead atoms. The number of aromatic nitrogens is 3. The molecule has 0 saturated heterocycles. The van der Waals surface area contributed by atoms with E-state index in [2.05, 4.69) is 20.8 Å². The van der Waals surface area contributed by atoms with Gasteiger partial charge in [-0.3, -0.25) is 9.59 Å². The van der Waals surface area contributed by atoms with E-state index in [4.69, 9.17) is 0 Å². The van der Waals surface area contributed by atoms with Gasteiger partial charge in [-0.1, -0.05) is 24.3 Å². The predicted molar refractivity (Wildman–Crippen MR) is 101 cm³/mol. The maximum atomic E-state index is 12.6. The summed E-state index contributed by atoms with van der Waals surface area (Å²) in [4.78, 5) is 26.2. The van der Waals surface area contributed by atoms with Crippen molar-refractivity contribution in [3.05, 3.63) is 71.5 Å². The molecule has 0 spiro atoms. The lowest BCUT2D eigenvalue weighted by Crippen LogP contribution is -2.25. The Kier molecular flexibility index (Phi) is 4.42. The fourth-order valence-corrected chi connectivity index (χ4v) is 2.63. The van der Waals surface area contributed by atoms with E-state index in [1.54, 1.807) is 12.1 Å². The van der Waals surface area contributed by atoms with Crippen LogP contribution in [0.2, 0.25) is 0 Å². The maximum absolute atomic E-state index is 12.6. The van der Waals surface area contributed by atoms with Crippen molar-refractivity contribution in [1.82, 2.24) is 20.3 Å². The van der Waals surface area contributed by atoms with Crippen molar-refractivity contribution in [3.63, 3.8) is 0 Å². The normalized spacial score (nSPS) is 13.2. The lowest BCUT2D eigenvalue weighted by Gasteiger charge is -2.10. The highest BCUT2D eigenvalue weighted by molar-refractivity contribution is 6.04. The summed E-state index contributed by atoms with van der Waals surface area (Å²) in [5.74, 6) is -0.497. The summed E-state index contributed by atoms with van der Waals surface area (Å²) in [6, 6.07) is 14.9. The number of hydrogen-bond acceptors (Lipinski definition) is 4. The first kappa shape index (κ1) is 17.0. The van der Waals surface area contributed by atoms with E-state index < -0.39 is 0 Å². The molecule has 1 aliphatic carbocycles. The van der Waals surface area contributed by atoms with Crippen LogP contribution in [0.15, 0.2) is 54.7 Å². The zero-order valence-corrected chi connectivity index (χ0v) is 14.8. The molecule has 1 saturated carbocycles. The smallest absolute Gasteiger partial charge is 0.277 e. The zero-order chi connectivity index (χ0) is 18.8. The molecule has 1 aromatic heterocycles. The van der Waals surface area contributed by atoms with Crippen molar-refractivity contribution in [1.29, 1.82) is 0 Å². The van der Waals surface area contributed by atoms with E-state index in [9.17, 15) is 9.59 Å². The van der Waals surface area contributed by atoms with Crippen LogP contribution in [0, 0.1) is 6.92 Å². The predicted octanol–water partition coefficient (Wildman–Crippen LogP) is 2.72. The van der Waals surface area contributed by atoms with E-state index in [1.807, 2.05) is 43.3 Å². The number of nitrogens with one attached hydrogen (secondary N) is 2. The molecular formula is C20H19N5O2. The molecule has 0 aliphatic heterocycles. The molecule has 7 nitrogen and oxygen atoms in total. The number of nitrogens with zero attached hydrogens (tertiary/aromatic N) is 3. The van der Waals surface area contributed by atoms with Crippen molar-refractivity contribution < 1.29 is 9.59 Å². The lowest BCUT2D eigenvalue weighted by molar-refractivity contribution is 0.0949. The number of aryl methyl sites for hydroxylation is 1. The van der Waals surface area contributed by atoms with E-state index in [1.165, 1.54) is 11.0 Å². The van der Waals surface area contributed by atoms with Crippen LogP contribution in [-0.2, 0) is 0 Å². The highest BCUT2D eigenvalue weighted by atomic mass is 16.2. The minimum atomic E-state index is -0.375. The SMILES string of the molecule is Cc1ccc(C(=O)NC2CC2)cc1NC(=O)c1cnn(-c2ccccc2)n1. The number of carbonyl (C=O) groups is 2. The van der Waals surface area contributed by atoms with Gasteiger partial charge in [-0.25, -0.2) is 0 Å². The number of benzene rings is 2. The Labute approximate surface area is 156 Å². The number of amides is 2. The summed E-state index contributed by atoms with van der Waals surface area (Å²) in [5.41, 5.74) is 2.94. The van der Waals surface area contributed by atoms with Gasteiger partial charge in [-0.2, -0.15) is 9.90 Å². The van der Waals surface area contributed by atoms with Gasteiger partial charge < -0.3 is 10.6 Å². The molecule has 0 atom stereocenters. The Balaban J connectivity index is 1.51. The van der Waals surface area contributed by atoms with E-state index in [0.29, 0.717) is 11.3 Å². The van der Waals surface area contributed by atoms with Crippen LogP contribution >= 0.6 is 0 Å². The summed E-state index contributed by atoms with van der Waals surface area (Å²) < 4.78 is 0. The van der Waals surface area contributed by atoms with Gasteiger partial charge in [0, 0.05) is 17.3 Å². The number of carbonyl (C=O) groups excluding carboxylic acids is 2. The number of anilines is 1. The molecule has 0 radical (unpaired) electrons. The van der Waals surface area contributed by atoms with Crippen LogP contribution in [0.3, 0.4) is 0 Å². The van der Waals surface area contributed by atoms with Gasteiger partial charge in [0.2, 0.25) is 0 Å². The Bertz CT molecular complexity index is 993. The van der Waals surface area contributed by atoms with Gasteiger partial charge in [-0.05, 0) is 49.6 Å². The average molecular weight is 361 g/mol. The summed E-state index contributed by atoms with van der Waals surface area (Å²) in [7, 11) is 0. The standard InChI is InChI=1S/C20H19N5O2/c1-13-7-8-14(19(26)22-15-9-10-15)11-17(13)23-20(27)18-12-21-25(24-18)16-5-3-2-4-6-16/h2-8,11-12,15H,9-10H2,1H3,(H,22,26)(H,23,27). The molecule has 1 heterocycles. The highest BCUT2D eigenvalue weighted by Gasteiger charge is 2.24. The topological polar surface area (TPSA) is 88.9 Å². The van der Waals surface area contributed by atoms with Crippen LogP contribution in [-0.4, -0.2) is 32.9 Å². The average Bonchev–Trinajstić information content (AvgIpc) is 3.35. The Hall–Kier alpha value is -3.48. The minimum absolute atomic E-state index is 0.122. The van der Waals surface area contributed by atoms with Crippen LogP contribution in [0.1, 0.15) is 39.3 Å². The Morgan fingerprint density at radius 1 is 1.07 bits per heavy atom. The third-order valence-electron chi connectivity index (χ3n) is 4.37. The number of hydrogen-bond donors (Lipinski definition) is 2. The van der Waals surface area contributed by atoms with Crippen LogP contribution in [0.5, 0.6) is 0 Å². The van der Waals surface area contributed by atoms with Crippen molar-refractivity contribution in [2.45, 2.75) is 25.8 Å². The molecule has 136 valence electrons. The van der Waals surface area contributed by atoms with Crippen molar-refractivity contribution >= 4 is 17.5 Å². The van der Waals surface area contributed by atoms with Gasteiger partial charge in [0.05, 0.1) is 11.9 Å². The molecular weight excluding hydrogens is 342 g/mol. The third kappa shape index (κ3) is 3.87. The second kappa shape index (κ2) is 7.03. The quantitative estimate of drug-likeness (QED) is 0.731. The van der Waals surface area contributed by atoms with Gasteiger partial charge in [-0.15, -0.1) is 5.10 Å². The monoisotopic (exact) mass is 361 g/mol. The first-order valence-corrected chi connectivity index (χ1v) is 8.81. The molecule has 2 amide bonds. The van der Waals surface area contributed by atoms with Gasteiger partial charge >= 0.3 is 0 Å². The van der Waals surface area contributed by atoms with E-state index >= 15 is 0 Å². The van der Waals surface area contributed by atoms with E-state index in [-0.39, 0.29) is 23.6 Å². The summed E-state index contributed by atoms with van der Waals surface area (Å²) in [6.45, 7) is 1.87. The van der Waals surface area contributed by atoms with Crippen LogP contribution in [0.4, 0.5) is 5.69 Å². The van der Waals surface area contributed by atoms with Gasteiger partial charge in [0.25, 0.3) is 11.8 Å². The largest absolute Gasteiger partial charge is 0.349 e. The van der Waals surface area contributed by atoms with E-state index in [0.717, 1.165) is 24.1 Å². The van der Waals surface area contributed by atoms with Crippen molar-refractivity contribution in [2.75, 3.05) is 5.32 Å². The molecule has 2 aromatic carbocycles. The summed E-state index contributed by atoms with van der Waals surface area (Å²) in [6.07, 6.45) is 3.47. The number of para-hydroxylation sites is 1. The molecule has 7 heteroatoms. The van der Waals surface area contributed by atoms with Gasteiger partial charge in [0.15, 0.2) is 5.69 Å². The molecule has 1 fully saturated rings. The Morgan fingerprint density at radius 2 is 1.85 bits per heavy atom. The second-order valence-electron chi connectivity index (χ2n) is 6.59. The van der Waals surface area contributed by atoms with Crippen LogP contribution in [0.25, 0.3) is 5.69 Å². The maximum Gasteiger partial charge on any atom is 0.277 e. The van der Waals surface area contributed by atoms with Crippen molar-refractivity contribution in [2.24, 2.45) is 0 Å². The minimum Gasteiger partial charge on any atom is -0.349 e. The zero-order valence-electron chi connectivity index (χ0n) is 14.8. The van der Waals surface area contributed by atoms with Gasteiger partial charge in [0.1, 0.15) is 0 Å². The molecule has 27 heavy (non-hydrogen) atoms. The Morgan fingerprint density at radius 3 is 2.59 bits per heavy atom. The van der Waals surface area contributed by atoms with Crippen molar-refractivity contribution in [3.8, 4) is 5.69 Å². The third-order valence-corrected chi connectivity index (χ3v) is 4.37. The highest BCUT2D eigenvalue weighted by Crippen LogP contribution is 2.21. The molecule has 3 aromatic rings. The lowest BCUT2D eigenvalue weighted by atomic mass is 10.1. The number of rotatable bonds is 5. The molecule has 1 aliphatic rings. The molecule has 2 N–H and O–H groups in total. The van der Waals surface area contributed by atoms with Crippen LogP contribution < -0.4 is 10.6 Å². The molecule has 0 unspecified atom stereocenters. The second-order valence-corrected chi connectivity index (χ2v) is 6.59. The summed E-state index contributed by atoms with van der Waals surface area (Å²) >= 11 is 0.